The lowest BCUT2D eigenvalue weighted by Crippen LogP contribution is -2.75. The minimum Gasteiger partial charge on any atom is -0.481 e. The fraction of sp³-hybridized carbons (Fsp3) is 0.867. The molecule has 0 aliphatic heterocycles. The van der Waals surface area contributed by atoms with Crippen LogP contribution < -0.4 is 5.32 Å². The highest BCUT2D eigenvalue weighted by Gasteiger charge is 2.95. The van der Waals surface area contributed by atoms with E-state index in [0.29, 0.717) is 0 Å². The normalized spacial score (nSPS) is 15.1. The van der Waals surface area contributed by atoms with Gasteiger partial charge in [-0.05, 0) is 12.8 Å². The second kappa shape index (κ2) is 9.90. The van der Waals surface area contributed by atoms with Crippen molar-refractivity contribution in [3.63, 3.8) is 0 Å². The SMILES string of the molecule is O=C(O)CCCCCNC(=O)C(F)(F)C(F)(F)C(F)(F)C(F)(F)C(F)(F)C(F)(F)C(F)(F)C(F)(F)F. The molecule has 0 heterocycles. The summed E-state index contributed by atoms with van der Waals surface area (Å²) in [6, 6.07) is 0. The number of carboxylic acids is 1. The molecule has 0 aliphatic carbocycles. The monoisotopic (exact) mass is 577 g/mol. The van der Waals surface area contributed by atoms with Gasteiger partial charge in [0.15, 0.2) is 0 Å². The Balaban J connectivity index is 6.12. The number of carbonyl (C=O) groups is 2. The summed E-state index contributed by atoms with van der Waals surface area (Å²) >= 11 is 0. The Kier molecular flexibility index (Phi) is 9.28. The minimum absolute atomic E-state index is 0.200. The van der Waals surface area contributed by atoms with Crippen LogP contribution in [0.1, 0.15) is 25.7 Å². The summed E-state index contributed by atoms with van der Waals surface area (Å²) in [6.45, 7) is -1.15. The third kappa shape index (κ3) is 5.23. The standard InChI is InChI=1S/C15H12F17NO3/c16-8(17,7(36)33-5-3-1-2-4-6(34)35)9(18,19)10(20,21)11(22,23)12(24,25)13(26,27)14(28,29)15(30,31)32/h1-5H2,(H,33,36)(H,34,35). The Hall–Kier alpha value is -2.25. The van der Waals surface area contributed by atoms with Gasteiger partial charge in [0.2, 0.25) is 0 Å². The number of carboxylic acid groups (broad SMARTS) is 1. The zero-order chi connectivity index (χ0) is 29.4. The van der Waals surface area contributed by atoms with Crippen LogP contribution >= 0.6 is 0 Å². The zero-order valence-corrected chi connectivity index (χ0v) is 16.7. The number of rotatable bonds is 13. The fourth-order valence-electron chi connectivity index (χ4n) is 2.20. The zero-order valence-electron chi connectivity index (χ0n) is 16.7. The Morgan fingerprint density at radius 1 is 0.528 bits per heavy atom. The van der Waals surface area contributed by atoms with Crippen molar-refractivity contribution < 1.29 is 89.3 Å². The van der Waals surface area contributed by atoms with E-state index in [-0.39, 0.29) is 12.8 Å². The highest BCUT2D eigenvalue weighted by atomic mass is 19.4. The Bertz CT molecular complexity index is 806. The summed E-state index contributed by atoms with van der Waals surface area (Å²) in [7, 11) is 0. The molecule has 0 saturated heterocycles. The van der Waals surface area contributed by atoms with Gasteiger partial charge in [0, 0.05) is 13.0 Å². The maximum Gasteiger partial charge on any atom is 0.460 e. The number of aliphatic carboxylic acids is 1. The van der Waals surface area contributed by atoms with Crippen LogP contribution in [0.2, 0.25) is 0 Å². The van der Waals surface area contributed by atoms with Crippen molar-refractivity contribution in [2.45, 2.75) is 73.3 Å². The topological polar surface area (TPSA) is 66.4 Å². The number of hydrogen-bond donors (Lipinski definition) is 2. The van der Waals surface area contributed by atoms with Gasteiger partial charge >= 0.3 is 53.6 Å². The molecule has 21 heteroatoms. The summed E-state index contributed by atoms with van der Waals surface area (Å²) in [6.07, 6.45) is -9.33. The average molecular weight is 577 g/mol. The van der Waals surface area contributed by atoms with E-state index in [2.05, 4.69) is 0 Å². The van der Waals surface area contributed by atoms with Crippen LogP contribution in [0.25, 0.3) is 0 Å². The molecule has 0 rings (SSSR count). The molecular weight excluding hydrogens is 565 g/mol. The summed E-state index contributed by atoms with van der Waals surface area (Å²) in [4.78, 5) is 21.4. The van der Waals surface area contributed by atoms with Gasteiger partial charge in [-0.1, -0.05) is 6.42 Å². The van der Waals surface area contributed by atoms with Gasteiger partial charge in [0.1, 0.15) is 0 Å². The highest BCUT2D eigenvalue weighted by molar-refractivity contribution is 5.84. The maximum absolute atomic E-state index is 13.6. The van der Waals surface area contributed by atoms with E-state index in [9.17, 15) is 84.2 Å². The van der Waals surface area contributed by atoms with E-state index in [1.165, 1.54) is 0 Å². The van der Waals surface area contributed by atoms with Crippen molar-refractivity contribution in [1.29, 1.82) is 0 Å². The molecule has 0 aromatic rings. The smallest absolute Gasteiger partial charge is 0.460 e. The molecule has 0 aromatic carbocycles. The summed E-state index contributed by atoms with van der Waals surface area (Å²) in [5.41, 5.74) is 0. The largest absolute Gasteiger partial charge is 0.481 e. The molecule has 0 spiro atoms. The first-order valence-corrected chi connectivity index (χ1v) is 8.80. The van der Waals surface area contributed by atoms with Crippen molar-refractivity contribution in [3.8, 4) is 0 Å². The Morgan fingerprint density at radius 2 is 0.889 bits per heavy atom. The molecule has 0 unspecified atom stereocenters. The summed E-state index contributed by atoms with van der Waals surface area (Å²) in [5.74, 6) is -63.1. The summed E-state index contributed by atoms with van der Waals surface area (Å²) in [5, 5.41) is 9.06. The van der Waals surface area contributed by atoms with Gasteiger partial charge in [-0.15, -0.1) is 0 Å². The molecule has 36 heavy (non-hydrogen) atoms. The molecule has 4 nitrogen and oxygen atoms in total. The quantitative estimate of drug-likeness (QED) is 0.216. The van der Waals surface area contributed by atoms with Gasteiger partial charge in [-0.25, -0.2) is 0 Å². The van der Waals surface area contributed by atoms with Gasteiger partial charge in [-0.2, -0.15) is 74.6 Å². The van der Waals surface area contributed by atoms with E-state index in [0.717, 1.165) is 5.32 Å². The van der Waals surface area contributed by atoms with Crippen LogP contribution in [0.3, 0.4) is 0 Å². The predicted octanol–water partition coefficient (Wildman–Crippen LogP) is 5.76. The van der Waals surface area contributed by atoms with E-state index in [1.807, 2.05) is 0 Å². The predicted molar refractivity (Wildman–Crippen MR) is 79.8 cm³/mol. The van der Waals surface area contributed by atoms with Crippen molar-refractivity contribution in [2.24, 2.45) is 0 Å². The third-order valence-electron chi connectivity index (χ3n) is 4.36. The highest BCUT2D eigenvalue weighted by Crippen LogP contribution is 2.63. The molecule has 2 N–H and O–H groups in total. The number of amides is 1. The van der Waals surface area contributed by atoms with Crippen molar-refractivity contribution in [2.75, 3.05) is 6.54 Å². The second-order valence-electron chi connectivity index (χ2n) is 6.98. The Labute approximate surface area is 187 Å². The van der Waals surface area contributed by atoms with Crippen molar-refractivity contribution in [3.05, 3.63) is 0 Å². The van der Waals surface area contributed by atoms with Gasteiger partial charge in [0.25, 0.3) is 5.91 Å². The number of nitrogens with one attached hydrogen (secondary N) is 1. The van der Waals surface area contributed by atoms with E-state index < -0.39 is 78.9 Å². The molecule has 0 fully saturated rings. The van der Waals surface area contributed by atoms with Gasteiger partial charge in [0.05, 0.1) is 0 Å². The number of unbranched alkanes of at least 4 members (excludes halogenated alkanes) is 2. The lowest BCUT2D eigenvalue weighted by molar-refractivity contribution is -0.459. The number of halogens is 17. The van der Waals surface area contributed by atoms with E-state index in [4.69, 9.17) is 5.11 Å². The first-order chi connectivity index (χ1) is 15.6. The molecule has 0 aromatic heterocycles. The van der Waals surface area contributed by atoms with Crippen LogP contribution in [0, 0.1) is 0 Å². The van der Waals surface area contributed by atoms with Crippen LogP contribution in [0.5, 0.6) is 0 Å². The molecule has 0 bridgehead atoms. The maximum atomic E-state index is 13.6. The molecule has 0 saturated carbocycles. The second-order valence-corrected chi connectivity index (χ2v) is 6.98. The molecule has 0 aliphatic rings. The van der Waals surface area contributed by atoms with Crippen LogP contribution in [-0.2, 0) is 9.59 Å². The van der Waals surface area contributed by atoms with E-state index in [1.54, 1.807) is 0 Å². The third-order valence-corrected chi connectivity index (χ3v) is 4.36. The number of carbonyl (C=O) groups excluding carboxylic acids is 1. The molecular formula is C15H12F17NO3. The lowest BCUT2D eigenvalue weighted by Gasteiger charge is -2.42. The number of alkyl halides is 17. The van der Waals surface area contributed by atoms with Crippen molar-refractivity contribution in [1.82, 2.24) is 5.32 Å². The minimum atomic E-state index is -8.76. The Morgan fingerprint density at radius 3 is 1.25 bits per heavy atom. The summed E-state index contributed by atoms with van der Waals surface area (Å²) < 4.78 is 222. The molecule has 214 valence electrons. The molecule has 1 amide bonds. The van der Waals surface area contributed by atoms with Gasteiger partial charge < -0.3 is 10.4 Å². The van der Waals surface area contributed by atoms with Gasteiger partial charge in [-0.3, -0.25) is 9.59 Å². The van der Waals surface area contributed by atoms with Crippen LogP contribution in [0.15, 0.2) is 0 Å². The van der Waals surface area contributed by atoms with E-state index >= 15 is 0 Å². The molecule has 0 atom stereocenters. The van der Waals surface area contributed by atoms with Crippen LogP contribution in [-0.4, -0.2) is 71.2 Å². The number of hydrogen-bond acceptors (Lipinski definition) is 2. The lowest BCUT2D eigenvalue weighted by atomic mass is 9.89. The average Bonchev–Trinajstić information content (AvgIpc) is 2.68. The van der Waals surface area contributed by atoms with Crippen molar-refractivity contribution >= 4 is 11.9 Å². The molecule has 0 radical (unpaired) electrons. The first kappa shape index (κ1) is 33.8. The fourth-order valence-corrected chi connectivity index (χ4v) is 2.20. The van der Waals surface area contributed by atoms with Crippen LogP contribution in [0.4, 0.5) is 74.6 Å². The first-order valence-electron chi connectivity index (χ1n) is 8.80.